The lowest BCUT2D eigenvalue weighted by atomic mass is 9.90. The number of anilines is 3. The molecule has 50 heavy (non-hydrogen) atoms. The summed E-state index contributed by atoms with van der Waals surface area (Å²) in [5.74, 6) is -1.14. The minimum Gasteiger partial charge on any atom is -0.365 e. The van der Waals surface area contributed by atoms with E-state index in [9.17, 15) is 27.6 Å². The topological polar surface area (TPSA) is 80.3 Å². The molecule has 3 amide bonds. The van der Waals surface area contributed by atoms with Crippen molar-refractivity contribution in [2.24, 2.45) is 5.92 Å². The second-order valence-corrected chi connectivity index (χ2v) is 13.9. The third kappa shape index (κ3) is 6.73. The SMILES string of the molecule is C/C=C(\CN(C)C)C(=O)N1CC(c2ccc(CN3C[C@H]4CC(=O)N(c5cc(C(F)(F)F)cc(C)n5)[C@@H]4C(=O)N(C)c4cccc(C)c43)cc2)C1. The van der Waals surface area contributed by atoms with E-state index in [4.69, 9.17) is 0 Å². The van der Waals surface area contributed by atoms with Gasteiger partial charge in [0.1, 0.15) is 11.9 Å². The maximum Gasteiger partial charge on any atom is 0.416 e. The molecule has 3 aliphatic heterocycles. The molecular formula is C38H43F3N6O3. The van der Waals surface area contributed by atoms with Crippen LogP contribution in [0.1, 0.15) is 47.2 Å². The Hall–Kier alpha value is -4.71. The highest BCUT2D eigenvalue weighted by atomic mass is 19.4. The Morgan fingerprint density at radius 1 is 1.02 bits per heavy atom. The second-order valence-electron chi connectivity index (χ2n) is 13.9. The van der Waals surface area contributed by atoms with E-state index in [-0.39, 0.29) is 35.7 Å². The summed E-state index contributed by atoms with van der Waals surface area (Å²) in [6.45, 7) is 8.07. The lowest BCUT2D eigenvalue weighted by Crippen LogP contribution is -2.52. The molecule has 3 aromatic rings. The number of hydrogen-bond donors (Lipinski definition) is 0. The van der Waals surface area contributed by atoms with Gasteiger partial charge in [0.2, 0.25) is 11.8 Å². The molecule has 0 N–H and O–H groups in total. The first-order chi connectivity index (χ1) is 23.7. The van der Waals surface area contributed by atoms with E-state index < -0.39 is 29.6 Å². The maximum absolute atomic E-state index is 14.2. The Morgan fingerprint density at radius 3 is 2.36 bits per heavy atom. The van der Waals surface area contributed by atoms with Gasteiger partial charge in [0.05, 0.1) is 16.9 Å². The predicted octanol–water partition coefficient (Wildman–Crippen LogP) is 5.56. The summed E-state index contributed by atoms with van der Waals surface area (Å²) in [5, 5.41) is 0. The van der Waals surface area contributed by atoms with Crippen molar-refractivity contribution in [2.75, 3.05) is 62.0 Å². The minimum atomic E-state index is -4.63. The number of carbonyl (C=O) groups excluding carboxylic acids is 3. The Morgan fingerprint density at radius 2 is 1.72 bits per heavy atom. The molecule has 0 aliphatic carbocycles. The molecule has 2 saturated heterocycles. The average molecular weight is 689 g/mol. The Kier molecular flexibility index (Phi) is 9.51. The Labute approximate surface area is 291 Å². The first-order valence-corrected chi connectivity index (χ1v) is 16.8. The monoisotopic (exact) mass is 688 g/mol. The normalized spacial score (nSPS) is 20.2. The molecule has 0 radical (unpaired) electrons. The zero-order valence-electron chi connectivity index (χ0n) is 29.3. The molecule has 0 bridgehead atoms. The standard InChI is InChI=1S/C38H43F3N6O3/c1-7-26(19-43(4)5)36(49)46-21-29(22-46)27-13-11-25(12-14-27)18-45-20-28-16-33(48)47(32-17-30(38(39,40)41)15-24(3)42-32)35(28)37(50)44(6)31-10-8-9-23(2)34(31)45/h7-15,17,28-29,35H,16,18-22H2,1-6H3/b26-7+/t28-,35+/m1/s1. The van der Waals surface area contributed by atoms with Gasteiger partial charge in [-0.1, -0.05) is 42.5 Å². The minimum absolute atomic E-state index is 0.00174. The molecule has 9 nitrogen and oxygen atoms in total. The lowest BCUT2D eigenvalue weighted by molar-refractivity contribution is -0.137. The van der Waals surface area contributed by atoms with Crippen LogP contribution in [0.3, 0.4) is 0 Å². The van der Waals surface area contributed by atoms with Gasteiger partial charge in [-0.25, -0.2) is 4.98 Å². The van der Waals surface area contributed by atoms with Crippen LogP contribution < -0.4 is 14.7 Å². The molecule has 264 valence electrons. The molecule has 6 rings (SSSR count). The van der Waals surface area contributed by atoms with Gasteiger partial charge in [-0.2, -0.15) is 13.2 Å². The first kappa shape index (κ1) is 35.1. The van der Waals surface area contributed by atoms with E-state index in [1.165, 1.54) is 16.7 Å². The van der Waals surface area contributed by atoms with E-state index in [2.05, 4.69) is 34.1 Å². The van der Waals surface area contributed by atoms with Gasteiger partial charge in [-0.3, -0.25) is 19.3 Å². The van der Waals surface area contributed by atoms with Crippen LogP contribution in [-0.4, -0.2) is 85.9 Å². The molecule has 2 fully saturated rings. The fourth-order valence-corrected chi connectivity index (χ4v) is 7.44. The lowest BCUT2D eigenvalue weighted by Gasteiger charge is -2.40. The zero-order chi connectivity index (χ0) is 36.1. The maximum atomic E-state index is 14.2. The number of halogens is 3. The number of hydrogen-bond acceptors (Lipinski definition) is 6. The van der Waals surface area contributed by atoms with Gasteiger partial charge in [-0.15, -0.1) is 0 Å². The Balaban J connectivity index is 1.26. The van der Waals surface area contributed by atoms with Crippen molar-refractivity contribution in [1.29, 1.82) is 0 Å². The number of likely N-dealkylation sites (N-methyl/N-ethyl adjacent to an activating group) is 2. The number of benzene rings is 2. The molecule has 2 atom stereocenters. The highest BCUT2D eigenvalue weighted by Gasteiger charge is 2.49. The molecular weight excluding hydrogens is 645 g/mol. The van der Waals surface area contributed by atoms with Crippen molar-refractivity contribution in [3.05, 3.63) is 94.2 Å². The summed E-state index contributed by atoms with van der Waals surface area (Å²) >= 11 is 0. The summed E-state index contributed by atoms with van der Waals surface area (Å²) in [6.07, 6.45) is -2.75. The van der Waals surface area contributed by atoms with Crippen molar-refractivity contribution < 1.29 is 27.6 Å². The molecule has 3 aliphatic rings. The average Bonchev–Trinajstić information content (AvgIpc) is 3.36. The third-order valence-corrected chi connectivity index (χ3v) is 9.98. The van der Waals surface area contributed by atoms with Crippen molar-refractivity contribution in [1.82, 2.24) is 14.8 Å². The Bertz CT molecular complexity index is 1830. The van der Waals surface area contributed by atoms with Crippen molar-refractivity contribution >= 4 is 34.9 Å². The fourth-order valence-electron chi connectivity index (χ4n) is 7.44. The third-order valence-electron chi connectivity index (χ3n) is 9.98. The van der Waals surface area contributed by atoms with Gasteiger partial charge in [0, 0.05) is 69.3 Å². The van der Waals surface area contributed by atoms with Gasteiger partial charge in [-0.05, 0) is 69.8 Å². The smallest absolute Gasteiger partial charge is 0.365 e. The number of alkyl halides is 3. The number of likely N-dealkylation sites (tertiary alicyclic amines) is 1. The summed E-state index contributed by atoms with van der Waals surface area (Å²) in [4.78, 5) is 53.7. The number of rotatable bonds is 7. The molecule has 0 spiro atoms. The number of allylic oxidation sites excluding steroid dienone is 1. The molecule has 12 heteroatoms. The van der Waals surface area contributed by atoms with Gasteiger partial charge < -0.3 is 19.6 Å². The van der Waals surface area contributed by atoms with Crippen LogP contribution in [0, 0.1) is 19.8 Å². The second kappa shape index (κ2) is 13.5. The molecule has 0 unspecified atom stereocenters. The van der Waals surface area contributed by atoms with Gasteiger partial charge in [0.15, 0.2) is 0 Å². The van der Waals surface area contributed by atoms with Crippen molar-refractivity contribution in [3.63, 3.8) is 0 Å². The highest BCUT2D eigenvalue weighted by molar-refractivity contribution is 6.10. The van der Waals surface area contributed by atoms with Crippen LogP contribution in [0.5, 0.6) is 0 Å². The number of amides is 3. The van der Waals surface area contributed by atoms with Crippen LogP contribution in [-0.2, 0) is 27.1 Å². The van der Waals surface area contributed by atoms with E-state index in [1.807, 2.05) is 62.0 Å². The van der Waals surface area contributed by atoms with Gasteiger partial charge in [0.25, 0.3) is 5.91 Å². The quantitative estimate of drug-likeness (QED) is 0.303. The van der Waals surface area contributed by atoms with Crippen LogP contribution in [0.4, 0.5) is 30.4 Å². The number of carbonyl (C=O) groups is 3. The molecule has 2 aromatic carbocycles. The number of aromatic nitrogens is 1. The van der Waals surface area contributed by atoms with Crippen LogP contribution in [0.2, 0.25) is 0 Å². The largest absolute Gasteiger partial charge is 0.416 e. The van der Waals surface area contributed by atoms with Crippen LogP contribution >= 0.6 is 0 Å². The molecule has 1 aromatic heterocycles. The highest BCUT2D eigenvalue weighted by Crippen LogP contribution is 2.42. The fraction of sp³-hybridized carbons (Fsp3) is 0.421. The number of aryl methyl sites for hydroxylation is 2. The summed E-state index contributed by atoms with van der Waals surface area (Å²) in [6, 6.07) is 14.8. The van der Waals surface area contributed by atoms with Crippen molar-refractivity contribution in [3.8, 4) is 0 Å². The number of pyridine rings is 1. The first-order valence-electron chi connectivity index (χ1n) is 16.8. The molecule has 0 saturated carbocycles. The van der Waals surface area contributed by atoms with E-state index >= 15 is 0 Å². The van der Waals surface area contributed by atoms with E-state index in [0.717, 1.165) is 40.1 Å². The van der Waals surface area contributed by atoms with Crippen molar-refractivity contribution in [2.45, 2.75) is 51.9 Å². The van der Waals surface area contributed by atoms with E-state index in [0.29, 0.717) is 38.4 Å². The molecule has 4 heterocycles. The van der Waals surface area contributed by atoms with Crippen LogP contribution in [0.25, 0.3) is 0 Å². The summed E-state index contributed by atoms with van der Waals surface area (Å²) in [5.41, 5.74) is 4.65. The number of fused-ring (bicyclic) bond motifs is 2. The number of nitrogens with zero attached hydrogens (tertiary/aromatic N) is 6. The zero-order valence-corrected chi connectivity index (χ0v) is 29.3. The predicted molar refractivity (Wildman–Crippen MR) is 187 cm³/mol. The van der Waals surface area contributed by atoms with Crippen LogP contribution in [0.15, 0.2) is 66.2 Å². The van der Waals surface area contributed by atoms with E-state index in [1.54, 1.807) is 7.05 Å². The number of para-hydroxylation sites is 1. The summed E-state index contributed by atoms with van der Waals surface area (Å²) in [7, 11) is 5.54. The van der Waals surface area contributed by atoms with Gasteiger partial charge >= 0.3 is 6.18 Å². The summed E-state index contributed by atoms with van der Waals surface area (Å²) < 4.78 is 41.3.